The van der Waals surface area contributed by atoms with Gasteiger partial charge in [0.05, 0.1) is 18.6 Å². The highest BCUT2D eigenvalue weighted by Gasteiger charge is 2.11. The summed E-state index contributed by atoms with van der Waals surface area (Å²) < 4.78 is 5.33. The fourth-order valence-corrected chi connectivity index (χ4v) is 2.20. The number of nitrogens with one attached hydrogen (secondary N) is 2. The summed E-state index contributed by atoms with van der Waals surface area (Å²) in [5, 5.41) is 25.4. The van der Waals surface area contributed by atoms with Gasteiger partial charge in [0, 0.05) is 17.5 Å². The van der Waals surface area contributed by atoms with Gasteiger partial charge in [-0.15, -0.1) is 0 Å². The Labute approximate surface area is 156 Å². The topological polar surface area (TPSA) is 120 Å². The molecule has 0 unspecified atom stereocenters. The Balaban J connectivity index is 1.88. The summed E-state index contributed by atoms with van der Waals surface area (Å²) in [5.74, 6) is -0.752. The second kappa shape index (κ2) is 9.23. The lowest BCUT2D eigenvalue weighted by atomic mass is 10.2. The number of nitrogens with zero attached hydrogens (tertiary/aromatic N) is 1. The van der Waals surface area contributed by atoms with E-state index in [-0.39, 0.29) is 29.4 Å². The number of ether oxygens (including phenoxy) is 1. The number of amides is 2. The minimum Gasteiger partial charge on any atom is -0.508 e. The van der Waals surface area contributed by atoms with Crippen LogP contribution < -0.4 is 15.5 Å². The minimum absolute atomic E-state index is 0.0188. The summed E-state index contributed by atoms with van der Waals surface area (Å²) >= 11 is 0. The van der Waals surface area contributed by atoms with Gasteiger partial charge in [0.1, 0.15) is 17.2 Å². The van der Waals surface area contributed by atoms with Gasteiger partial charge < -0.3 is 20.3 Å². The molecular weight excluding hydrogens is 350 g/mol. The maximum Gasteiger partial charge on any atom is 0.275 e. The molecule has 0 aromatic heterocycles. The van der Waals surface area contributed by atoms with Crippen molar-refractivity contribution in [2.45, 2.75) is 20.3 Å². The Morgan fingerprint density at radius 3 is 2.44 bits per heavy atom. The molecule has 2 aromatic carbocycles. The number of carbonyl (C=O) groups excluding carboxylic acids is 2. The third-order valence-corrected chi connectivity index (χ3v) is 3.44. The van der Waals surface area contributed by atoms with Crippen molar-refractivity contribution in [2.24, 2.45) is 5.10 Å². The van der Waals surface area contributed by atoms with Crippen molar-refractivity contribution >= 4 is 23.2 Å². The number of hydrogen-bond donors (Lipinski definition) is 4. The standard InChI is InChI=1S/C19H21N3O5/c1-3-27-15-7-4-13(5-8-15)20-18(25)10-12(2)21-22-19(26)16-9-6-14(23)11-17(16)24/h4-9,11,23-24H,3,10H2,1-2H3,(H,20,25)(H,22,26)/b21-12+. The number of hydrogen-bond acceptors (Lipinski definition) is 6. The minimum atomic E-state index is -0.654. The molecule has 0 fully saturated rings. The number of aromatic hydroxyl groups is 2. The fraction of sp³-hybridized carbons (Fsp3) is 0.211. The number of rotatable bonds is 7. The van der Waals surface area contributed by atoms with Crippen molar-refractivity contribution in [3.05, 3.63) is 48.0 Å². The molecule has 2 rings (SSSR count). The van der Waals surface area contributed by atoms with E-state index in [0.29, 0.717) is 23.8 Å². The Hall–Kier alpha value is -3.55. The van der Waals surface area contributed by atoms with Crippen LogP contribution in [0, 0.1) is 0 Å². The van der Waals surface area contributed by atoms with Crippen LogP contribution in [0.25, 0.3) is 0 Å². The summed E-state index contributed by atoms with van der Waals surface area (Å²) in [6, 6.07) is 10.6. The molecule has 8 nitrogen and oxygen atoms in total. The smallest absolute Gasteiger partial charge is 0.275 e. The van der Waals surface area contributed by atoms with E-state index in [9.17, 15) is 19.8 Å². The number of phenolic OH excluding ortho intramolecular Hbond substituents is 2. The van der Waals surface area contributed by atoms with Gasteiger partial charge in [-0.2, -0.15) is 5.10 Å². The second-order valence-electron chi connectivity index (χ2n) is 5.67. The van der Waals surface area contributed by atoms with Crippen LogP contribution in [0.15, 0.2) is 47.6 Å². The largest absolute Gasteiger partial charge is 0.508 e. The van der Waals surface area contributed by atoms with E-state index in [4.69, 9.17) is 4.74 Å². The quantitative estimate of drug-likeness (QED) is 0.440. The average Bonchev–Trinajstić information content (AvgIpc) is 2.61. The van der Waals surface area contributed by atoms with Crippen molar-refractivity contribution in [1.82, 2.24) is 5.43 Å². The van der Waals surface area contributed by atoms with Crippen LogP contribution in [0.2, 0.25) is 0 Å². The molecule has 2 aromatic rings. The first-order chi connectivity index (χ1) is 12.9. The number of phenols is 2. The van der Waals surface area contributed by atoms with Crippen LogP contribution in [0.3, 0.4) is 0 Å². The third-order valence-electron chi connectivity index (χ3n) is 3.44. The Morgan fingerprint density at radius 1 is 1.11 bits per heavy atom. The van der Waals surface area contributed by atoms with E-state index < -0.39 is 5.91 Å². The molecule has 0 heterocycles. The highest BCUT2D eigenvalue weighted by molar-refractivity contribution is 6.06. The van der Waals surface area contributed by atoms with Crippen molar-refractivity contribution < 1.29 is 24.5 Å². The maximum absolute atomic E-state index is 12.0. The SMILES string of the molecule is CCOc1ccc(NC(=O)C/C(C)=N/NC(=O)c2ccc(O)cc2O)cc1. The van der Waals surface area contributed by atoms with Gasteiger partial charge in [0.25, 0.3) is 5.91 Å². The molecule has 0 spiro atoms. The van der Waals surface area contributed by atoms with E-state index in [2.05, 4.69) is 15.8 Å². The first-order valence-electron chi connectivity index (χ1n) is 8.27. The molecule has 0 radical (unpaired) electrons. The molecule has 4 N–H and O–H groups in total. The molecule has 0 bridgehead atoms. The highest BCUT2D eigenvalue weighted by Crippen LogP contribution is 2.22. The van der Waals surface area contributed by atoms with Crippen LogP contribution in [-0.2, 0) is 4.79 Å². The molecule has 0 saturated carbocycles. The molecule has 0 aliphatic rings. The summed E-state index contributed by atoms with van der Waals surface area (Å²) in [5.41, 5.74) is 3.22. The first-order valence-corrected chi connectivity index (χ1v) is 8.27. The van der Waals surface area contributed by atoms with E-state index in [1.165, 1.54) is 12.1 Å². The van der Waals surface area contributed by atoms with Gasteiger partial charge >= 0.3 is 0 Å². The Morgan fingerprint density at radius 2 is 1.81 bits per heavy atom. The average molecular weight is 371 g/mol. The van der Waals surface area contributed by atoms with Crippen molar-refractivity contribution in [3.8, 4) is 17.2 Å². The molecule has 0 atom stereocenters. The predicted octanol–water partition coefficient (Wildman–Crippen LogP) is 2.63. The van der Waals surface area contributed by atoms with Crippen LogP contribution in [0.1, 0.15) is 30.6 Å². The lowest BCUT2D eigenvalue weighted by Gasteiger charge is -2.07. The number of anilines is 1. The summed E-state index contributed by atoms with van der Waals surface area (Å²) in [6.07, 6.45) is -0.0188. The molecule has 27 heavy (non-hydrogen) atoms. The Bertz CT molecular complexity index is 847. The highest BCUT2D eigenvalue weighted by atomic mass is 16.5. The molecule has 0 aliphatic carbocycles. The normalized spacial score (nSPS) is 11.0. The van der Waals surface area contributed by atoms with E-state index in [1.54, 1.807) is 31.2 Å². The Kier molecular flexibility index (Phi) is 6.76. The van der Waals surface area contributed by atoms with Gasteiger partial charge in [-0.3, -0.25) is 9.59 Å². The van der Waals surface area contributed by atoms with Crippen LogP contribution in [0.5, 0.6) is 17.2 Å². The number of benzene rings is 2. The number of hydrazone groups is 1. The molecule has 0 aliphatic heterocycles. The van der Waals surface area contributed by atoms with Gasteiger partial charge in [-0.25, -0.2) is 5.43 Å². The molecule has 2 amide bonds. The zero-order valence-electron chi connectivity index (χ0n) is 15.0. The number of carbonyl (C=O) groups is 2. The lowest BCUT2D eigenvalue weighted by molar-refractivity contribution is -0.115. The monoisotopic (exact) mass is 371 g/mol. The fourth-order valence-electron chi connectivity index (χ4n) is 2.20. The predicted molar refractivity (Wildman–Crippen MR) is 101 cm³/mol. The second-order valence-corrected chi connectivity index (χ2v) is 5.67. The van der Waals surface area contributed by atoms with Crippen LogP contribution in [-0.4, -0.2) is 34.3 Å². The van der Waals surface area contributed by atoms with Gasteiger partial charge in [-0.05, 0) is 50.2 Å². The zero-order chi connectivity index (χ0) is 19.8. The van der Waals surface area contributed by atoms with Crippen molar-refractivity contribution in [1.29, 1.82) is 0 Å². The van der Waals surface area contributed by atoms with Crippen molar-refractivity contribution in [3.63, 3.8) is 0 Å². The summed E-state index contributed by atoms with van der Waals surface area (Å²) in [7, 11) is 0. The first kappa shape index (κ1) is 19.8. The molecule has 8 heteroatoms. The van der Waals surface area contributed by atoms with Crippen LogP contribution >= 0.6 is 0 Å². The van der Waals surface area contributed by atoms with Gasteiger partial charge in [-0.1, -0.05) is 0 Å². The summed E-state index contributed by atoms with van der Waals surface area (Å²) in [4.78, 5) is 24.0. The lowest BCUT2D eigenvalue weighted by Crippen LogP contribution is -2.21. The molecular formula is C19H21N3O5. The van der Waals surface area contributed by atoms with Crippen LogP contribution in [0.4, 0.5) is 5.69 Å². The van der Waals surface area contributed by atoms with E-state index >= 15 is 0 Å². The third kappa shape index (κ3) is 6.03. The molecule has 0 saturated heterocycles. The summed E-state index contributed by atoms with van der Waals surface area (Å²) in [6.45, 7) is 4.04. The maximum atomic E-state index is 12.0. The molecule has 142 valence electrons. The zero-order valence-corrected chi connectivity index (χ0v) is 15.0. The van der Waals surface area contributed by atoms with Gasteiger partial charge in [0.15, 0.2) is 0 Å². The van der Waals surface area contributed by atoms with Gasteiger partial charge in [0.2, 0.25) is 5.91 Å². The van der Waals surface area contributed by atoms with E-state index in [1.807, 2.05) is 6.92 Å². The van der Waals surface area contributed by atoms with Crippen molar-refractivity contribution in [2.75, 3.05) is 11.9 Å². The van der Waals surface area contributed by atoms with E-state index in [0.717, 1.165) is 6.07 Å².